The Hall–Kier alpha value is -1.88. The number of nitrogens with zero attached hydrogens (tertiary/aromatic N) is 1. The fourth-order valence-electron chi connectivity index (χ4n) is 2.91. The summed E-state index contributed by atoms with van der Waals surface area (Å²) in [6, 6.07) is 7.06. The van der Waals surface area contributed by atoms with E-state index in [1.54, 1.807) is 4.90 Å². The van der Waals surface area contributed by atoms with Crippen molar-refractivity contribution in [3.8, 4) is 0 Å². The van der Waals surface area contributed by atoms with Gasteiger partial charge in [0.15, 0.2) is 0 Å². The average molecular weight is 303 g/mol. The largest absolute Gasteiger partial charge is 0.480 e. The van der Waals surface area contributed by atoms with Gasteiger partial charge >= 0.3 is 5.97 Å². The molecule has 4 nitrogen and oxygen atoms in total. The summed E-state index contributed by atoms with van der Waals surface area (Å²) in [6.07, 6.45) is 3.27. The minimum atomic E-state index is -0.898. The van der Waals surface area contributed by atoms with E-state index in [9.17, 15) is 14.7 Å². The van der Waals surface area contributed by atoms with Gasteiger partial charge in [0.25, 0.3) is 5.91 Å². The molecule has 1 saturated heterocycles. The van der Waals surface area contributed by atoms with Crippen LogP contribution < -0.4 is 0 Å². The molecule has 1 atom stereocenters. The van der Waals surface area contributed by atoms with E-state index in [-0.39, 0.29) is 5.91 Å². The van der Waals surface area contributed by atoms with Crippen LogP contribution in [0.15, 0.2) is 29.6 Å². The maximum Gasteiger partial charge on any atom is 0.326 e. The minimum absolute atomic E-state index is 0.151. The molecule has 0 saturated carbocycles. The predicted octanol–water partition coefficient (Wildman–Crippen LogP) is 3.37. The number of fused-ring (bicyclic) bond motifs is 1. The molecule has 110 valence electrons. The average Bonchev–Trinajstić information content (AvgIpc) is 2.75. The Labute approximate surface area is 127 Å². The molecular weight excluding hydrogens is 286 g/mol. The van der Waals surface area contributed by atoms with Crippen molar-refractivity contribution in [1.29, 1.82) is 0 Å². The van der Waals surface area contributed by atoms with Gasteiger partial charge in [0, 0.05) is 22.0 Å². The Balaban J connectivity index is 1.97. The number of rotatable bonds is 2. The Kier molecular flexibility index (Phi) is 3.92. The second-order valence-corrected chi connectivity index (χ2v) is 6.26. The van der Waals surface area contributed by atoms with Crippen molar-refractivity contribution in [3.05, 3.63) is 35.2 Å². The number of aliphatic carboxylic acids is 1. The molecule has 0 aliphatic carbocycles. The van der Waals surface area contributed by atoms with Crippen molar-refractivity contribution in [1.82, 2.24) is 4.90 Å². The van der Waals surface area contributed by atoms with E-state index in [2.05, 4.69) is 0 Å². The first-order valence-corrected chi connectivity index (χ1v) is 8.06. The number of thiophene rings is 1. The van der Waals surface area contributed by atoms with Crippen LogP contribution in [0.25, 0.3) is 10.1 Å². The second-order valence-electron chi connectivity index (χ2n) is 5.35. The van der Waals surface area contributed by atoms with Gasteiger partial charge < -0.3 is 10.0 Å². The lowest BCUT2D eigenvalue weighted by Crippen LogP contribution is -2.44. The van der Waals surface area contributed by atoms with E-state index in [1.165, 1.54) is 11.3 Å². The third-order valence-corrected chi connectivity index (χ3v) is 4.97. The van der Waals surface area contributed by atoms with Crippen LogP contribution in [0.2, 0.25) is 0 Å². The monoisotopic (exact) mass is 303 g/mol. The van der Waals surface area contributed by atoms with Gasteiger partial charge in [-0.25, -0.2) is 4.79 Å². The highest BCUT2D eigenvalue weighted by Gasteiger charge is 2.32. The molecular formula is C16H17NO3S. The lowest BCUT2D eigenvalue weighted by Gasteiger charge is -2.26. The van der Waals surface area contributed by atoms with Crippen molar-refractivity contribution in [2.24, 2.45) is 0 Å². The molecule has 1 amide bonds. The SMILES string of the molecule is O=C(O)C1CCCCCN1C(=O)c1csc2ccccc12. The normalized spacial score (nSPS) is 19.4. The summed E-state index contributed by atoms with van der Waals surface area (Å²) in [5.74, 6) is -1.05. The van der Waals surface area contributed by atoms with E-state index < -0.39 is 12.0 Å². The van der Waals surface area contributed by atoms with Gasteiger partial charge in [-0.15, -0.1) is 11.3 Å². The van der Waals surface area contributed by atoms with Gasteiger partial charge in [0.05, 0.1) is 5.56 Å². The summed E-state index contributed by atoms with van der Waals surface area (Å²) in [6.45, 7) is 0.528. The summed E-state index contributed by atoms with van der Waals surface area (Å²) in [5.41, 5.74) is 0.628. The lowest BCUT2D eigenvalue weighted by molar-refractivity contribution is -0.142. The molecule has 1 aliphatic rings. The maximum atomic E-state index is 12.8. The van der Waals surface area contributed by atoms with Crippen molar-refractivity contribution in [3.63, 3.8) is 0 Å². The van der Waals surface area contributed by atoms with Gasteiger partial charge in [-0.2, -0.15) is 0 Å². The van der Waals surface area contributed by atoms with Crippen LogP contribution in [-0.4, -0.2) is 34.5 Å². The third-order valence-electron chi connectivity index (χ3n) is 4.01. The van der Waals surface area contributed by atoms with Crippen LogP contribution in [0.3, 0.4) is 0 Å². The highest BCUT2D eigenvalue weighted by atomic mass is 32.1. The Morgan fingerprint density at radius 2 is 2.00 bits per heavy atom. The molecule has 5 heteroatoms. The summed E-state index contributed by atoms with van der Waals surface area (Å²) in [5, 5.41) is 12.2. The highest BCUT2D eigenvalue weighted by molar-refractivity contribution is 7.17. The van der Waals surface area contributed by atoms with Crippen LogP contribution in [0, 0.1) is 0 Å². The quantitative estimate of drug-likeness (QED) is 0.925. The Morgan fingerprint density at radius 3 is 2.81 bits per heavy atom. The number of amides is 1. The minimum Gasteiger partial charge on any atom is -0.480 e. The number of benzene rings is 1. The van der Waals surface area contributed by atoms with Crippen LogP contribution in [0.1, 0.15) is 36.0 Å². The molecule has 21 heavy (non-hydrogen) atoms. The molecule has 2 aromatic rings. The van der Waals surface area contributed by atoms with Gasteiger partial charge in [0.2, 0.25) is 0 Å². The summed E-state index contributed by atoms with van der Waals surface area (Å²) >= 11 is 1.53. The fraction of sp³-hybridized carbons (Fsp3) is 0.375. The molecule has 1 unspecified atom stereocenters. The zero-order valence-electron chi connectivity index (χ0n) is 11.6. The molecule has 0 radical (unpaired) electrons. The van der Waals surface area contributed by atoms with Gasteiger partial charge in [0.1, 0.15) is 6.04 Å². The van der Waals surface area contributed by atoms with Crippen LogP contribution in [0.5, 0.6) is 0 Å². The molecule has 1 aromatic carbocycles. The molecule has 3 rings (SSSR count). The first-order chi connectivity index (χ1) is 10.2. The smallest absolute Gasteiger partial charge is 0.326 e. The zero-order chi connectivity index (χ0) is 14.8. The molecule has 1 N–H and O–H groups in total. The van der Waals surface area contributed by atoms with E-state index in [4.69, 9.17) is 0 Å². The first-order valence-electron chi connectivity index (χ1n) is 7.18. The number of likely N-dealkylation sites (tertiary alicyclic amines) is 1. The lowest BCUT2D eigenvalue weighted by atomic mass is 10.1. The van der Waals surface area contributed by atoms with Crippen LogP contribution >= 0.6 is 11.3 Å². The number of carbonyl (C=O) groups excluding carboxylic acids is 1. The highest BCUT2D eigenvalue weighted by Crippen LogP contribution is 2.28. The number of carboxylic acids is 1. The summed E-state index contributed by atoms with van der Waals surface area (Å²) < 4.78 is 1.06. The summed E-state index contributed by atoms with van der Waals surface area (Å²) in [4.78, 5) is 25.8. The Morgan fingerprint density at radius 1 is 1.19 bits per heavy atom. The number of carboxylic acid groups (broad SMARTS) is 1. The molecule has 2 heterocycles. The van der Waals surface area contributed by atoms with Crippen molar-refractivity contribution in [2.45, 2.75) is 31.7 Å². The Bertz CT molecular complexity index is 679. The van der Waals surface area contributed by atoms with Crippen molar-refractivity contribution < 1.29 is 14.7 Å². The second kappa shape index (κ2) is 5.85. The van der Waals surface area contributed by atoms with Crippen molar-refractivity contribution in [2.75, 3.05) is 6.54 Å². The van der Waals surface area contributed by atoms with E-state index in [1.807, 2.05) is 29.6 Å². The number of hydrogen-bond donors (Lipinski definition) is 1. The van der Waals surface area contributed by atoms with Crippen LogP contribution in [-0.2, 0) is 4.79 Å². The molecule has 1 aliphatic heterocycles. The van der Waals surface area contributed by atoms with Gasteiger partial charge in [-0.3, -0.25) is 4.79 Å². The maximum absolute atomic E-state index is 12.8. The van der Waals surface area contributed by atoms with Gasteiger partial charge in [-0.05, 0) is 18.9 Å². The zero-order valence-corrected chi connectivity index (χ0v) is 12.4. The predicted molar refractivity (Wildman–Crippen MR) is 82.8 cm³/mol. The molecule has 0 spiro atoms. The van der Waals surface area contributed by atoms with Crippen molar-refractivity contribution >= 4 is 33.3 Å². The van der Waals surface area contributed by atoms with E-state index >= 15 is 0 Å². The van der Waals surface area contributed by atoms with Gasteiger partial charge in [-0.1, -0.05) is 31.0 Å². The first kappa shape index (κ1) is 14.1. The third kappa shape index (κ3) is 2.65. The fourth-order valence-corrected chi connectivity index (χ4v) is 3.84. The number of carbonyl (C=O) groups is 2. The summed E-state index contributed by atoms with van der Waals surface area (Å²) in [7, 11) is 0. The molecule has 1 fully saturated rings. The van der Waals surface area contributed by atoms with Crippen LogP contribution in [0.4, 0.5) is 0 Å². The van der Waals surface area contributed by atoms with E-state index in [0.717, 1.165) is 29.3 Å². The topological polar surface area (TPSA) is 57.6 Å². The standard InChI is InChI=1S/C16H17NO3S/c18-15(12-10-21-14-8-4-3-6-11(12)14)17-9-5-1-2-7-13(17)16(19)20/h3-4,6,8,10,13H,1-2,5,7,9H2,(H,19,20). The molecule has 1 aromatic heterocycles. The molecule has 0 bridgehead atoms. The van der Waals surface area contributed by atoms with E-state index in [0.29, 0.717) is 18.5 Å². The number of hydrogen-bond acceptors (Lipinski definition) is 3.